The smallest absolute Gasteiger partial charge is 0.148 e. The molecule has 0 atom stereocenters. The highest BCUT2D eigenvalue weighted by molar-refractivity contribution is 7.09. The van der Waals surface area contributed by atoms with Crippen LogP contribution in [0.25, 0.3) is 22.3 Å². The maximum atomic E-state index is 5.94. The number of aromatic nitrogens is 6. The van der Waals surface area contributed by atoms with Gasteiger partial charge in [-0.1, -0.05) is 6.07 Å². The molecule has 0 amide bonds. The number of fused-ring (bicyclic) bond motifs is 1. The molecule has 7 nitrogen and oxygen atoms in total. The number of nitrogens with zero attached hydrogens (tertiary/aromatic N) is 6. The standard InChI is InChI=1S/C22H18N6OS/c1-15-26-17(13-30-15)11-28-21-9-16(19-6-8-24-14-25-19)4-5-20(21)27-22(28)12-29-18-3-2-7-23-10-18/h2-10,13-14H,11-12H2,1H3. The first kappa shape index (κ1) is 18.4. The van der Waals surface area contributed by atoms with Gasteiger partial charge in [-0.2, -0.15) is 0 Å². The third-order valence-electron chi connectivity index (χ3n) is 4.69. The first-order chi connectivity index (χ1) is 14.8. The zero-order chi connectivity index (χ0) is 20.3. The molecule has 5 rings (SSSR count). The van der Waals surface area contributed by atoms with Crippen molar-refractivity contribution in [2.75, 3.05) is 0 Å². The molecule has 0 bridgehead atoms. The summed E-state index contributed by atoms with van der Waals surface area (Å²) in [5, 5.41) is 3.13. The fourth-order valence-corrected chi connectivity index (χ4v) is 3.91. The van der Waals surface area contributed by atoms with Gasteiger partial charge in [0.2, 0.25) is 0 Å². The zero-order valence-electron chi connectivity index (χ0n) is 16.3. The Morgan fingerprint density at radius 3 is 2.80 bits per heavy atom. The van der Waals surface area contributed by atoms with Gasteiger partial charge < -0.3 is 9.30 Å². The summed E-state index contributed by atoms with van der Waals surface area (Å²) in [6.45, 7) is 2.98. The fraction of sp³-hybridized carbons (Fsp3) is 0.136. The van der Waals surface area contributed by atoms with Gasteiger partial charge in [0, 0.05) is 23.3 Å². The van der Waals surface area contributed by atoms with E-state index in [9.17, 15) is 0 Å². The van der Waals surface area contributed by atoms with E-state index < -0.39 is 0 Å². The Balaban J connectivity index is 1.56. The second-order valence-electron chi connectivity index (χ2n) is 6.75. The van der Waals surface area contributed by atoms with E-state index in [1.165, 1.54) is 0 Å². The Labute approximate surface area is 177 Å². The molecular formula is C22H18N6OS. The monoisotopic (exact) mass is 414 g/mol. The Morgan fingerprint density at radius 1 is 1.07 bits per heavy atom. The van der Waals surface area contributed by atoms with Crippen molar-refractivity contribution in [3.8, 4) is 17.0 Å². The van der Waals surface area contributed by atoms with E-state index in [1.54, 1.807) is 36.3 Å². The van der Waals surface area contributed by atoms with Gasteiger partial charge in [0.25, 0.3) is 0 Å². The van der Waals surface area contributed by atoms with E-state index in [1.807, 2.05) is 37.3 Å². The number of pyridine rings is 1. The van der Waals surface area contributed by atoms with Gasteiger partial charge in [0.15, 0.2) is 0 Å². The third-order valence-corrected chi connectivity index (χ3v) is 5.52. The Morgan fingerprint density at radius 2 is 2.03 bits per heavy atom. The minimum Gasteiger partial charge on any atom is -0.484 e. The molecule has 0 unspecified atom stereocenters. The van der Waals surface area contributed by atoms with Crippen molar-refractivity contribution in [2.45, 2.75) is 20.1 Å². The van der Waals surface area contributed by atoms with Gasteiger partial charge in [-0.25, -0.2) is 19.9 Å². The van der Waals surface area contributed by atoms with Gasteiger partial charge in [0.1, 0.15) is 24.5 Å². The number of ether oxygens (including phenoxy) is 1. The molecule has 0 N–H and O–H groups in total. The van der Waals surface area contributed by atoms with Crippen LogP contribution in [0.1, 0.15) is 16.5 Å². The lowest BCUT2D eigenvalue weighted by Crippen LogP contribution is -2.09. The molecular weight excluding hydrogens is 396 g/mol. The highest BCUT2D eigenvalue weighted by Gasteiger charge is 2.15. The van der Waals surface area contributed by atoms with E-state index in [0.717, 1.165) is 38.8 Å². The molecule has 0 aliphatic heterocycles. The van der Waals surface area contributed by atoms with Gasteiger partial charge in [-0.15, -0.1) is 11.3 Å². The molecule has 148 valence electrons. The van der Waals surface area contributed by atoms with Crippen molar-refractivity contribution in [1.82, 2.24) is 29.5 Å². The van der Waals surface area contributed by atoms with E-state index in [4.69, 9.17) is 9.72 Å². The minimum atomic E-state index is 0.340. The van der Waals surface area contributed by atoms with Crippen molar-refractivity contribution in [2.24, 2.45) is 0 Å². The number of aryl methyl sites for hydroxylation is 1. The first-order valence-corrected chi connectivity index (χ1v) is 10.3. The van der Waals surface area contributed by atoms with Crippen molar-refractivity contribution >= 4 is 22.4 Å². The van der Waals surface area contributed by atoms with Crippen LogP contribution >= 0.6 is 11.3 Å². The summed E-state index contributed by atoms with van der Waals surface area (Å²) in [7, 11) is 0. The number of benzene rings is 1. The summed E-state index contributed by atoms with van der Waals surface area (Å²) < 4.78 is 8.09. The molecule has 8 heteroatoms. The third kappa shape index (κ3) is 3.77. The normalized spacial score (nSPS) is 11.1. The van der Waals surface area contributed by atoms with Crippen LogP contribution in [0.3, 0.4) is 0 Å². The average molecular weight is 414 g/mol. The summed E-state index contributed by atoms with van der Waals surface area (Å²) in [4.78, 5) is 21.9. The second kappa shape index (κ2) is 8.00. The van der Waals surface area contributed by atoms with Crippen LogP contribution in [0.4, 0.5) is 0 Å². The van der Waals surface area contributed by atoms with Crippen LogP contribution in [0.5, 0.6) is 5.75 Å². The lowest BCUT2D eigenvalue weighted by Gasteiger charge is -2.10. The minimum absolute atomic E-state index is 0.340. The summed E-state index contributed by atoms with van der Waals surface area (Å²) in [5.41, 5.74) is 4.82. The number of thiazole rings is 1. The molecule has 0 saturated carbocycles. The van der Waals surface area contributed by atoms with Gasteiger partial charge in [-0.05, 0) is 37.3 Å². The van der Waals surface area contributed by atoms with Crippen molar-refractivity contribution in [3.63, 3.8) is 0 Å². The summed E-state index contributed by atoms with van der Waals surface area (Å²) in [5.74, 6) is 1.54. The topological polar surface area (TPSA) is 78.6 Å². The molecule has 0 aliphatic carbocycles. The zero-order valence-corrected chi connectivity index (χ0v) is 17.1. The van der Waals surface area contributed by atoms with Gasteiger partial charge in [-0.3, -0.25) is 4.98 Å². The van der Waals surface area contributed by atoms with Gasteiger partial charge >= 0.3 is 0 Å². The molecule has 4 heterocycles. The molecule has 30 heavy (non-hydrogen) atoms. The van der Waals surface area contributed by atoms with E-state index in [-0.39, 0.29) is 0 Å². The van der Waals surface area contributed by atoms with E-state index in [0.29, 0.717) is 18.9 Å². The highest BCUT2D eigenvalue weighted by Crippen LogP contribution is 2.25. The molecule has 0 fully saturated rings. The number of hydrogen-bond donors (Lipinski definition) is 0. The Kier molecular flexibility index (Phi) is 4.90. The largest absolute Gasteiger partial charge is 0.484 e. The van der Waals surface area contributed by atoms with E-state index in [2.05, 4.69) is 35.9 Å². The second-order valence-corrected chi connectivity index (χ2v) is 7.81. The van der Waals surface area contributed by atoms with Crippen LogP contribution in [0, 0.1) is 6.92 Å². The van der Waals surface area contributed by atoms with Crippen LogP contribution in [0.15, 0.2) is 66.7 Å². The fourth-order valence-electron chi connectivity index (χ4n) is 3.30. The van der Waals surface area contributed by atoms with Crippen molar-refractivity contribution in [1.29, 1.82) is 0 Å². The number of rotatable bonds is 6. The van der Waals surface area contributed by atoms with Crippen LogP contribution < -0.4 is 4.74 Å². The van der Waals surface area contributed by atoms with E-state index >= 15 is 0 Å². The molecule has 0 radical (unpaired) electrons. The lowest BCUT2D eigenvalue weighted by molar-refractivity contribution is 0.290. The summed E-state index contributed by atoms with van der Waals surface area (Å²) >= 11 is 1.65. The molecule has 5 aromatic rings. The molecule has 0 saturated heterocycles. The predicted octanol–water partition coefficient (Wildman–Crippen LogP) is 4.28. The summed E-state index contributed by atoms with van der Waals surface area (Å²) in [6.07, 6.45) is 6.72. The molecule has 4 aromatic heterocycles. The summed E-state index contributed by atoms with van der Waals surface area (Å²) in [6, 6.07) is 11.8. The SMILES string of the molecule is Cc1nc(Cn2c(COc3cccnc3)nc3ccc(-c4ccncn4)cc32)cs1. The Bertz CT molecular complexity index is 1280. The highest BCUT2D eigenvalue weighted by atomic mass is 32.1. The van der Waals surface area contributed by atoms with Crippen molar-refractivity contribution in [3.05, 3.63) is 83.2 Å². The van der Waals surface area contributed by atoms with Crippen molar-refractivity contribution < 1.29 is 4.74 Å². The van der Waals surface area contributed by atoms with Gasteiger partial charge in [0.05, 0.1) is 40.2 Å². The molecule has 1 aromatic carbocycles. The predicted molar refractivity (Wildman–Crippen MR) is 115 cm³/mol. The maximum absolute atomic E-state index is 5.94. The maximum Gasteiger partial charge on any atom is 0.148 e. The number of imidazole rings is 1. The van der Waals surface area contributed by atoms with Crippen LogP contribution in [-0.2, 0) is 13.2 Å². The lowest BCUT2D eigenvalue weighted by atomic mass is 10.1. The molecule has 0 spiro atoms. The molecule has 0 aliphatic rings. The van der Waals surface area contributed by atoms with Crippen LogP contribution in [-0.4, -0.2) is 29.5 Å². The average Bonchev–Trinajstić information content (AvgIpc) is 3.36. The number of hydrogen-bond acceptors (Lipinski definition) is 7. The quantitative estimate of drug-likeness (QED) is 0.413. The van der Waals surface area contributed by atoms with Crippen LogP contribution in [0.2, 0.25) is 0 Å². The first-order valence-electron chi connectivity index (χ1n) is 9.45. The Hall–Kier alpha value is -3.65.